The number of methoxy groups -OCH3 is 1. The first kappa shape index (κ1) is 21.3. The lowest BCUT2D eigenvalue weighted by molar-refractivity contribution is 0.118. The average molecular weight is 423 g/mol. The SMILES string of the molecule is COc1cccc(-n2c(C)cc(CN(Cc3ccc4c(c3)OCO4)C[C@@H](C)O)c2C)c1. The molecule has 0 saturated carbocycles. The van der Waals surface area contributed by atoms with Crippen molar-refractivity contribution in [3.8, 4) is 22.9 Å². The minimum Gasteiger partial charge on any atom is -0.497 e. The standard InChI is InChI=1S/C25H30N2O4/c1-17-10-21(19(3)27(17)22-6-5-7-23(12-22)29-4)15-26(13-18(2)28)14-20-8-9-24-25(11-20)31-16-30-24/h5-12,18,28H,13-16H2,1-4H3/t18-/m1/s1. The minimum atomic E-state index is -0.420. The number of aliphatic hydroxyl groups excluding tert-OH is 1. The zero-order valence-electron chi connectivity index (χ0n) is 18.6. The molecule has 3 aromatic rings. The van der Waals surface area contributed by atoms with Crippen LogP contribution in [0.3, 0.4) is 0 Å². The third kappa shape index (κ3) is 4.70. The Hall–Kier alpha value is -2.96. The molecule has 1 N–H and O–H groups in total. The van der Waals surface area contributed by atoms with Crippen LogP contribution >= 0.6 is 0 Å². The number of ether oxygens (including phenoxy) is 3. The molecule has 0 radical (unpaired) electrons. The molecule has 1 aliphatic rings. The highest BCUT2D eigenvalue weighted by Crippen LogP contribution is 2.33. The molecule has 0 fully saturated rings. The van der Waals surface area contributed by atoms with Gasteiger partial charge in [-0.3, -0.25) is 4.90 Å². The van der Waals surface area contributed by atoms with Gasteiger partial charge in [-0.1, -0.05) is 12.1 Å². The highest BCUT2D eigenvalue weighted by Gasteiger charge is 2.18. The van der Waals surface area contributed by atoms with Crippen molar-refractivity contribution >= 4 is 0 Å². The fourth-order valence-corrected chi connectivity index (χ4v) is 4.23. The van der Waals surface area contributed by atoms with Crippen LogP contribution in [0.4, 0.5) is 0 Å². The highest BCUT2D eigenvalue weighted by atomic mass is 16.7. The van der Waals surface area contributed by atoms with Crippen LogP contribution in [-0.2, 0) is 13.1 Å². The van der Waals surface area contributed by atoms with Crippen molar-refractivity contribution in [3.05, 3.63) is 71.0 Å². The Kier molecular flexibility index (Phi) is 6.20. The van der Waals surface area contributed by atoms with Gasteiger partial charge in [0.15, 0.2) is 11.5 Å². The molecular formula is C25H30N2O4. The zero-order valence-corrected chi connectivity index (χ0v) is 18.6. The lowest BCUT2D eigenvalue weighted by atomic mass is 10.1. The Bertz CT molecular complexity index is 1060. The Morgan fingerprint density at radius 3 is 2.65 bits per heavy atom. The molecule has 4 rings (SSSR count). The van der Waals surface area contributed by atoms with Crippen molar-refractivity contribution in [1.82, 2.24) is 9.47 Å². The molecule has 1 aliphatic heterocycles. The van der Waals surface area contributed by atoms with Gasteiger partial charge in [-0.25, -0.2) is 0 Å². The maximum atomic E-state index is 10.1. The van der Waals surface area contributed by atoms with E-state index >= 15 is 0 Å². The van der Waals surface area contributed by atoms with Crippen LogP contribution in [-0.4, -0.2) is 41.1 Å². The van der Waals surface area contributed by atoms with Crippen molar-refractivity contribution in [2.24, 2.45) is 0 Å². The molecule has 0 saturated heterocycles. The van der Waals surface area contributed by atoms with E-state index in [4.69, 9.17) is 14.2 Å². The van der Waals surface area contributed by atoms with Gasteiger partial charge in [-0.05, 0) is 62.2 Å². The van der Waals surface area contributed by atoms with Gasteiger partial charge in [0.2, 0.25) is 6.79 Å². The van der Waals surface area contributed by atoms with Crippen LogP contribution in [0.1, 0.15) is 29.4 Å². The van der Waals surface area contributed by atoms with Gasteiger partial charge < -0.3 is 23.9 Å². The Balaban J connectivity index is 1.58. The summed E-state index contributed by atoms with van der Waals surface area (Å²) in [5, 5.41) is 10.1. The number of hydrogen-bond acceptors (Lipinski definition) is 5. The molecule has 2 heterocycles. The molecule has 0 aliphatic carbocycles. The zero-order chi connectivity index (χ0) is 22.0. The van der Waals surface area contributed by atoms with Crippen LogP contribution < -0.4 is 14.2 Å². The van der Waals surface area contributed by atoms with E-state index < -0.39 is 6.10 Å². The van der Waals surface area contributed by atoms with Gasteiger partial charge in [0.25, 0.3) is 0 Å². The van der Waals surface area contributed by atoms with E-state index in [1.54, 1.807) is 7.11 Å². The second kappa shape index (κ2) is 9.04. The van der Waals surface area contributed by atoms with Crippen molar-refractivity contribution in [3.63, 3.8) is 0 Å². The van der Waals surface area contributed by atoms with Crippen molar-refractivity contribution in [1.29, 1.82) is 0 Å². The van der Waals surface area contributed by atoms with Crippen LogP contribution in [0, 0.1) is 13.8 Å². The van der Waals surface area contributed by atoms with Crippen LogP contribution in [0.5, 0.6) is 17.2 Å². The summed E-state index contributed by atoms with van der Waals surface area (Å²) in [4.78, 5) is 2.26. The third-order valence-electron chi connectivity index (χ3n) is 5.61. The van der Waals surface area contributed by atoms with Crippen molar-refractivity contribution in [2.75, 3.05) is 20.4 Å². The monoisotopic (exact) mass is 422 g/mol. The van der Waals surface area contributed by atoms with Crippen LogP contribution in [0.2, 0.25) is 0 Å². The first-order chi connectivity index (χ1) is 14.9. The Morgan fingerprint density at radius 2 is 1.87 bits per heavy atom. The fourth-order valence-electron chi connectivity index (χ4n) is 4.23. The molecular weight excluding hydrogens is 392 g/mol. The molecule has 0 bridgehead atoms. The van der Waals surface area contributed by atoms with Gasteiger partial charge in [0, 0.05) is 42.8 Å². The van der Waals surface area contributed by atoms with E-state index in [0.29, 0.717) is 13.1 Å². The maximum absolute atomic E-state index is 10.1. The smallest absolute Gasteiger partial charge is 0.231 e. The predicted octanol–water partition coefficient (Wildman–Crippen LogP) is 4.21. The van der Waals surface area contributed by atoms with Gasteiger partial charge in [0.05, 0.1) is 13.2 Å². The van der Waals surface area contributed by atoms with Crippen molar-refractivity contribution < 1.29 is 19.3 Å². The van der Waals surface area contributed by atoms with E-state index in [0.717, 1.165) is 35.0 Å². The quantitative estimate of drug-likeness (QED) is 0.589. The van der Waals surface area contributed by atoms with Gasteiger partial charge >= 0.3 is 0 Å². The third-order valence-corrected chi connectivity index (χ3v) is 5.61. The summed E-state index contributed by atoms with van der Waals surface area (Å²) < 4.78 is 18.6. The number of aryl methyl sites for hydroxylation is 1. The molecule has 6 nitrogen and oxygen atoms in total. The molecule has 2 aromatic carbocycles. The Labute approximate surface area is 183 Å². The first-order valence-corrected chi connectivity index (χ1v) is 10.6. The molecule has 1 aromatic heterocycles. The predicted molar refractivity (Wildman–Crippen MR) is 120 cm³/mol. The summed E-state index contributed by atoms with van der Waals surface area (Å²) >= 11 is 0. The molecule has 164 valence electrons. The summed E-state index contributed by atoms with van der Waals surface area (Å²) in [6, 6.07) is 16.4. The molecule has 1 atom stereocenters. The summed E-state index contributed by atoms with van der Waals surface area (Å²) in [6.07, 6.45) is -0.420. The lowest BCUT2D eigenvalue weighted by Gasteiger charge is -2.24. The maximum Gasteiger partial charge on any atom is 0.231 e. The second-order valence-electron chi connectivity index (χ2n) is 8.14. The summed E-state index contributed by atoms with van der Waals surface area (Å²) in [7, 11) is 1.68. The van der Waals surface area contributed by atoms with Gasteiger partial charge in [0.1, 0.15) is 5.75 Å². The van der Waals surface area contributed by atoms with E-state index in [-0.39, 0.29) is 6.79 Å². The number of aliphatic hydroxyl groups is 1. The normalized spacial score (nSPS) is 13.6. The van der Waals surface area contributed by atoms with Crippen LogP contribution in [0.25, 0.3) is 5.69 Å². The number of nitrogens with zero attached hydrogens (tertiary/aromatic N) is 2. The first-order valence-electron chi connectivity index (χ1n) is 10.6. The molecule has 0 spiro atoms. The van der Waals surface area contributed by atoms with E-state index in [1.165, 1.54) is 17.0 Å². The van der Waals surface area contributed by atoms with E-state index in [9.17, 15) is 5.11 Å². The number of aromatic nitrogens is 1. The van der Waals surface area contributed by atoms with Crippen LogP contribution in [0.15, 0.2) is 48.5 Å². The number of fused-ring (bicyclic) bond motifs is 1. The summed E-state index contributed by atoms with van der Waals surface area (Å²) in [5.41, 5.74) is 5.81. The topological polar surface area (TPSA) is 56.1 Å². The van der Waals surface area contributed by atoms with Crippen molar-refractivity contribution in [2.45, 2.75) is 40.0 Å². The van der Waals surface area contributed by atoms with E-state index in [2.05, 4.69) is 41.5 Å². The largest absolute Gasteiger partial charge is 0.497 e. The second-order valence-corrected chi connectivity index (χ2v) is 8.14. The Morgan fingerprint density at radius 1 is 1.06 bits per heavy atom. The minimum absolute atomic E-state index is 0.270. The molecule has 31 heavy (non-hydrogen) atoms. The molecule has 0 amide bonds. The highest BCUT2D eigenvalue weighted by molar-refractivity contribution is 5.46. The molecule has 6 heteroatoms. The molecule has 0 unspecified atom stereocenters. The fraction of sp³-hybridized carbons (Fsp3) is 0.360. The lowest BCUT2D eigenvalue weighted by Crippen LogP contribution is -2.30. The number of hydrogen-bond donors (Lipinski definition) is 1. The summed E-state index contributed by atoms with van der Waals surface area (Å²) in [6.45, 7) is 8.39. The van der Waals surface area contributed by atoms with Gasteiger partial charge in [-0.2, -0.15) is 0 Å². The average Bonchev–Trinajstić information content (AvgIpc) is 3.31. The summed E-state index contributed by atoms with van der Waals surface area (Å²) in [5.74, 6) is 2.41. The number of rotatable bonds is 8. The van der Waals surface area contributed by atoms with E-state index in [1.807, 2.05) is 37.3 Å². The number of benzene rings is 2. The van der Waals surface area contributed by atoms with Gasteiger partial charge in [-0.15, -0.1) is 0 Å².